The smallest absolute Gasteiger partial charge is 0.154 e. The van der Waals surface area contributed by atoms with Crippen molar-refractivity contribution in [2.75, 3.05) is 5.75 Å². The predicted octanol–water partition coefficient (Wildman–Crippen LogP) is 1.50. The quantitative estimate of drug-likeness (QED) is 0.658. The maximum Gasteiger partial charge on any atom is 0.154 e. The van der Waals surface area contributed by atoms with E-state index in [-0.39, 0.29) is 12.2 Å². The molecule has 0 saturated carbocycles. The van der Waals surface area contributed by atoms with E-state index in [1.807, 2.05) is 13.0 Å². The van der Waals surface area contributed by atoms with Crippen molar-refractivity contribution in [1.29, 1.82) is 5.26 Å². The molecule has 0 aromatic carbocycles. The number of rotatable bonds is 5. The summed E-state index contributed by atoms with van der Waals surface area (Å²) in [5.41, 5.74) is 0. The number of sulfone groups is 1. The highest BCUT2D eigenvalue weighted by molar-refractivity contribution is 7.92. The lowest BCUT2D eigenvalue weighted by atomic mass is 10.3. The van der Waals surface area contributed by atoms with Gasteiger partial charge in [-0.3, -0.25) is 0 Å². The van der Waals surface area contributed by atoms with Crippen LogP contribution in [0.15, 0.2) is 0 Å². The van der Waals surface area contributed by atoms with Crippen molar-refractivity contribution in [3.63, 3.8) is 0 Å². The van der Waals surface area contributed by atoms with Crippen molar-refractivity contribution in [2.45, 2.75) is 38.4 Å². The zero-order valence-corrected chi connectivity index (χ0v) is 8.39. The summed E-state index contributed by atoms with van der Waals surface area (Å²) in [6, 6.07) is 1.90. The van der Waals surface area contributed by atoms with Crippen LogP contribution in [0.4, 0.5) is 0 Å². The summed E-state index contributed by atoms with van der Waals surface area (Å²) < 4.78 is 22.8. The molecule has 0 saturated heterocycles. The first-order valence-corrected chi connectivity index (χ1v) is 5.88. The molecule has 0 rings (SSSR count). The van der Waals surface area contributed by atoms with Gasteiger partial charge >= 0.3 is 0 Å². The number of nitrogens with zero attached hydrogens (tertiary/aromatic N) is 1. The molecule has 0 aromatic heterocycles. The van der Waals surface area contributed by atoms with Crippen LogP contribution in [0, 0.1) is 11.3 Å². The summed E-state index contributed by atoms with van der Waals surface area (Å²) in [5.74, 6) is 0.202. The Hall–Kier alpha value is -0.560. The highest BCUT2D eigenvalue weighted by atomic mass is 32.2. The summed E-state index contributed by atoms with van der Waals surface area (Å²) in [6.07, 6.45) is 1.29. The van der Waals surface area contributed by atoms with Crippen LogP contribution in [0.25, 0.3) is 0 Å². The molecule has 0 N–H and O–H groups in total. The molecule has 0 aromatic rings. The number of hydrogen-bond acceptors (Lipinski definition) is 3. The second-order valence-corrected chi connectivity index (χ2v) is 5.16. The van der Waals surface area contributed by atoms with Crippen LogP contribution >= 0.6 is 0 Å². The highest BCUT2D eigenvalue weighted by Gasteiger charge is 2.21. The van der Waals surface area contributed by atoms with E-state index >= 15 is 0 Å². The van der Waals surface area contributed by atoms with E-state index < -0.39 is 15.1 Å². The summed E-state index contributed by atoms with van der Waals surface area (Å²) >= 11 is 0. The Balaban J connectivity index is 4.40. The van der Waals surface area contributed by atoms with Crippen LogP contribution in [0.3, 0.4) is 0 Å². The largest absolute Gasteiger partial charge is 0.229 e. The van der Waals surface area contributed by atoms with E-state index in [0.717, 1.165) is 0 Å². The van der Waals surface area contributed by atoms with Crippen molar-refractivity contribution in [2.24, 2.45) is 0 Å². The Morgan fingerprint density at radius 3 is 2.33 bits per heavy atom. The van der Waals surface area contributed by atoms with E-state index in [2.05, 4.69) is 0 Å². The second kappa shape index (κ2) is 5.15. The van der Waals surface area contributed by atoms with Gasteiger partial charge in [0.2, 0.25) is 0 Å². The third kappa shape index (κ3) is 3.22. The Labute approximate surface area is 74.3 Å². The average Bonchev–Trinajstić information content (AvgIpc) is 1.99. The topological polar surface area (TPSA) is 57.9 Å². The fourth-order valence-electron chi connectivity index (χ4n) is 1.08. The molecule has 3 nitrogen and oxygen atoms in total. The van der Waals surface area contributed by atoms with E-state index in [1.165, 1.54) is 0 Å². The molecule has 70 valence electrons. The minimum atomic E-state index is -3.01. The van der Waals surface area contributed by atoms with Gasteiger partial charge in [0.05, 0.1) is 23.5 Å². The average molecular weight is 189 g/mol. The summed E-state index contributed by atoms with van der Waals surface area (Å²) in [5, 5.41) is 7.93. The van der Waals surface area contributed by atoms with Crippen LogP contribution in [-0.2, 0) is 9.84 Å². The normalized spacial score (nSPS) is 13.8. The number of hydrogen-bond donors (Lipinski definition) is 0. The van der Waals surface area contributed by atoms with Gasteiger partial charge in [-0.15, -0.1) is 0 Å². The van der Waals surface area contributed by atoms with Crippen molar-refractivity contribution in [3.8, 4) is 6.07 Å². The number of nitriles is 1. The minimum Gasteiger partial charge on any atom is -0.229 e. The molecule has 0 heterocycles. The zero-order valence-electron chi connectivity index (χ0n) is 7.58. The van der Waals surface area contributed by atoms with Crippen LogP contribution in [0.2, 0.25) is 0 Å². The van der Waals surface area contributed by atoms with Gasteiger partial charge in [-0.2, -0.15) is 5.26 Å². The van der Waals surface area contributed by atoms with E-state index in [0.29, 0.717) is 12.8 Å². The Morgan fingerprint density at radius 1 is 1.42 bits per heavy atom. The first-order valence-electron chi connectivity index (χ1n) is 4.17. The van der Waals surface area contributed by atoms with E-state index in [1.54, 1.807) is 6.92 Å². The maximum atomic E-state index is 11.4. The van der Waals surface area contributed by atoms with Crippen molar-refractivity contribution >= 4 is 9.84 Å². The lowest BCUT2D eigenvalue weighted by Crippen LogP contribution is -2.22. The van der Waals surface area contributed by atoms with Crippen LogP contribution in [0.1, 0.15) is 33.1 Å². The molecular weight excluding hydrogens is 174 g/mol. The van der Waals surface area contributed by atoms with Crippen LogP contribution in [0.5, 0.6) is 0 Å². The predicted molar refractivity (Wildman–Crippen MR) is 48.4 cm³/mol. The summed E-state index contributed by atoms with van der Waals surface area (Å²) in [6.45, 7) is 3.63. The lowest BCUT2D eigenvalue weighted by molar-refractivity contribution is 0.575. The Bertz CT molecular complexity index is 251. The van der Waals surface area contributed by atoms with Gasteiger partial charge in [0.25, 0.3) is 0 Å². The molecule has 0 aliphatic rings. The summed E-state index contributed by atoms with van der Waals surface area (Å²) in [7, 11) is -3.01. The third-order valence-corrected chi connectivity index (χ3v) is 4.26. The molecule has 0 bridgehead atoms. The third-order valence-electron chi connectivity index (χ3n) is 1.77. The fraction of sp³-hybridized carbons (Fsp3) is 0.875. The first kappa shape index (κ1) is 11.4. The van der Waals surface area contributed by atoms with Gasteiger partial charge in [-0.25, -0.2) is 8.42 Å². The second-order valence-electron chi connectivity index (χ2n) is 2.76. The van der Waals surface area contributed by atoms with Crippen molar-refractivity contribution < 1.29 is 8.42 Å². The van der Waals surface area contributed by atoms with Gasteiger partial charge in [-0.1, -0.05) is 13.8 Å². The first-order chi connectivity index (χ1) is 5.58. The Morgan fingerprint density at radius 2 is 2.00 bits per heavy atom. The SMILES string of the molecule is CCCS(=O)(=O)C(CC)CC#N. The molecule has 0 radical (unpaired) electrons. The minimum absolute atomic E-state index is 0.124. The van der Waals surface area contributed by atoms with Gasteiger partial charge < -0.3 is 0 Å². The molecule has 0 amide bonds. The molecule has 0 aliphatic carbocycles. The van der Waals surface area contributed by atoms with Gasteiger partial charge in [0.15, 0.2) is 9.84 Å². The lowest BCUT2D eigenvalue weighted by Gasteiger charge is -2.10. The molecule has 0 spiro atoms. The molecule has 1 unspecified atom stereocenters. The summed E-state index contributed by atoms with van der Waals surface area (Å²) in [4.78, 5) is 0. The highest BCUT2D eigenvalue weighted by Crippen LogP contribution is 2.11. The maximum absolute atomic E-state index is 11.4. The molecule has 4 heteroatoms. The molecule has 0 aliphatic heterocycles. The fourth-order valence-corrected chi connectivity index (χ4v) is 2.82. The molecule has 0 fully saturated rings. The molecule has 1 atom stereocenters. The van der Waals surface area contributed by atoms with Gasteiger partial charge in [0, 0.05) is 0 Å². The zero-order chi connectivity index (χ0) is 9.61. The van der Waals surface area contributed by atoms with E-state index in [4.69, 9.17) is 5.26 Å². The monoisotopic (exact) mass is 189 g/mol. The standard InChI is InChI=1S/C8H15NO2S/c1-3-7-12(10,11)8(4-2)5-6-9/h8H,3-5,7H2,1-2H3. The molecule has 12 heavy (non-hydrogen) atoms. The molecular formula is C8H15NO2S. The van der Waals surface area contributed by atoms with Gasteiger partial charge in [0.1, 0.15) is 0 Å². The van der Waals surface area contributed by atoms with Crippen LogP contribution < -0.4 is 0 Å². The van der Waals surface area contributed by atoms with Crippen LogP contribution in [-0.4, -0.2) is 19.4 Å². The van der Waals surface area contributed by atoms with Crippen molar-refractivity contribution in [1.82, 2.24) is 0 Å². The Kier molecular flexibility index (Phi) is 4.91. The van der Waals surface area contributed by atoms with Crippen molar-refractivity contribution in [3.05, 3.63) is 0 Å². The van der Waals surface area contributed by atoms with Gasteiger partial charge in [-0.05, 0) is 12.8 Å². The van der Waals surface area contributed by atoms with E-state index in [9.17, 15) is 8.42 Å².